The molecule has 1 aliphatic rings. The molecule has 1 aromatic heterocycles. The Labute approximate surface area is 185 Å². The Balaban J connectivity index is 1.42. The highest BCUT2D eigenvalue weighted by atomic mass is 16.5. The van der Waals surface area contributed by atoms with Gasteiger partial charge in [-0.05, 0) is 56.9 Å². The van der Waals surface area contributed by atoms with Crippen LogP contribution in [-0.2, 0) is 0 Å². The van der Waals surface area contributed by atoms with Crippen LogP contribution in [0.2, 0.25) is 0 Å². The van der Waals surface area contributed by atoms with E-state index in [-0.39, 0.29) is 5.91 Å². The molecular weight excluding hydrogens is 390 g/mol. The van der Waals surface area contributed by atoms with Gasteiger partial charge < -0.3 is 20.3 Å². The number of nitrogens with one attached hydrogen (secondary N) is 2. The summed E-state index contributed by atoms with van der Waals surface area (Å²) in [5.74, 6) is 2.30. The van der Waals surface area contributed by atoms with Crippen molar-refractivity contribution in [1.29, 1.82) is 0 Å². The van der Waals surface area contributed by atoms with Gasteiger partial charge in [-0.2, -0.15) is 4.98 Å². The number of carbonyl (C=O) groups is 1. The second-order valence-corrected chi connectivity index (χ2v) is 8.00. The molecule has 7 heteroatoms. The summed E-state index contributed by atoms with van der Waals surface area (Å²) >= 11 is 0. The molecule has 2 heterocycles. The largest absolute Gasteiger partial charge is 0.494 e. The number of hydrogen-bond acceptors (Lipinski definition) is 6. The third-order valence-corrected chi connectivity index (χ3v) is 5.35. The van der Waals surface area contributed by atoms with E-state index in [1.54, 1.807) is 12.1 Å². The Kier molecular flexibility index (Phi) is 8.94. The van der Waals surface area contributed by atoms with E-state index in [2.05, 4.69) is 32.4 Å². The minimum atomic E-state index is -0.0986. The van der Waals surface area contributed by atoms with Crippen molar-refractivity contribution in [2.24, 2.45) is 0 Å². The maximum absolute atomic E-state index is 12.4. The quantitative estimate of drug-likeness (QED) is 0.526. The molecule has 168 valence electrons. The van der Waals surface area contributed by atoms with Gasteiger partial charge in [0.15, 0.2) is 0 Å². The Morgan fingerprint density at radius 1 is 1.06 bits per heavy atom. The number of amides is 1. The Morgan fingerprint density at radius 3 is 2.58 bits per heavy atom. The number of piperidine rings is 1. The monoisotopic (exact) mass is 425 g/mol. The molecule has 1 aliphatic heterocycles. The van der Waals surface area contributed by atoms with Crippen LogP contribution < -0.4 is 20.3 Å². The third kappa shape index (κ3) is 7.42. The fraction of sp³-hybridized carbons (Fsp3) is 0.542. The van der Waals surface area contributed by atoms with Gasteiger partial charge in [0.2, 0.25) is 5.95 Å². The van der Waals surface area contributed by atoms with E-state index in [1.807, 2.05) is 25.1 Å². The van der Waals surface area contributed by atoms with Crippen molar-refractivity contribution < 1.29 is 9.53 Å². The maximum atomic E-state index is 12.4. The van der Waals surface area contributed by atoms with E-state index in [4.69, 9.17) is 4.74 Å². The number of carbonyl (C=O) groups excluding carboxylic acids is 1. The van der Waals surface area contributed by atoms with Gasteiger partial charge in [-0.25, -0.2) is 4.98 Å². The zero-order chi connectivity index (χ0) is 21.9. The van der Waals surface area contributed by atoms with E-state index in [0.29, 0.717) is 31.2 Å². The van der Waals surface area contributed by atoms with Crippen molar-refractivity contribution >= 4 is 17.7 Å². The second kappa shape index (κ2) is 12.1. The molecule has 0 atom stereocenters. The molecule has 0 aliphatic carbocycles. The summed E-state index contributed by atoms with van der Waals surface area (Å²) in [6.45, 7) is 8.02. The summed E-state index contributed by atoms with van der Waals surface area (Å²) in [5, 5.41) is 6.16. The number of hydrogen-bond donors (Lipinski definition) is 2. The zero-order valence-electron chi connectivity index (χ0n) is 18.8. The van der Waals surface area contributed by atoms with Crippen LogP contribution in [0.5, 0.6) is 5.75 Å². The molecular formula is C24H35N5O2. The molecule has 0 bridgehead atoms. The lowest BCUT2D eigenvalue weighted by atomic mass is 10.1. The minimum absolute atomic E-state index is 0.0986. The first kappa shape index (κ1) is 22.8. The van der Waals surface area contributed by atoms with Crippen LogP contribution in [-0.4, -0.2) is 48.7 Å². The van der Waals surface area contributed by atoms with Gasteiger partial charge in [0, 0.05) is 43.5 Å². The Hall–Kier alpha value is -2.83. The molecule has 0 spiro atoms. The van der Waals surface area contributed by atoms with Crippen LogP contribution in [0, 0.1) is 6.92 Å². The summed E-state index contributed by atoms with van der Waals surface area (Å²) in [6, 6.07) is 9.33. The highest BCUT2D eigenvalue weighted by molar-refractivity contribution is 5.94. The number of unbranched alkanes of at least 4 members (excludes halogenated alkanes) is 2. The summed E-state index contributed by atoms with van der Waals surface area (Å²) in [6.07, 6.45) is 7.11. The second-order valence-electron chi connectivity index (χ2n) is 8.00. The van der Waals surface area contributed by atoms with Crippen molar-refractivity contribution in [3.63, 3.8) is 0 Å². The van der Waals surface area contributed by atoms with Gasteiger partial charge >= 0.3 is 0 Å². The first-order valence-electron chi connectivity index (χ1n) is 11.5. The number of ether oxygens (including phenoxy) is 1. The normalized spacial score (nSPS) is 13.7. The van der Waals surface area contributed by atoms with Crippen LogP contribution in [0.1, 0.15) is 61.5 Å². The molecule has 1 amide bonds. The van der Waals surface area contributed by atoms with E-state index in [0.717, 1.165) is 36.8 Å². The third-order valence-electron chi connectivity index (χ3n) is 5.35. The molecule has 31 heavy (non-hydrogen) atoms. The van der Waals surface area contributed by atoms with Gasteiger partial charge in [0.1, 0.15) is 11.6 Å². The molecule has 3 rings (SSSR count). The predicted octanol–water partition coefficient (Wildman–Crippen LogP) is 4.19. The topological polar surface area (TPSA) is 79.4 Å². The Bertz CT molecular complexity index is 819. The molecule has 0 unspecified atom stereocenters. The smallest absolute Gasteiger partial charge is 0.251 e. The summed E-state index contributed by atoms with van der Waals surface area (Å²) in [5.41, 5.74) is 1.57. The van der Waals surface area contributed by atoms with Gasteiger partial charge in [0.05, 0.1) is 6.61 Å². The van der Waals surface area contributed by atoms with Gasteiger partial charge in [-0.1, -0.05) is 19.8 Å². The molecule has 1 saturated heterocycles. The van der Waals surface area contributed by atoms with Gasteiger partial charge in [0.25, 0.3) is 5.91 Å². The number of nitrogens with zero attached hydrogens (tertiary/aromatic N) is 3. The molecule has 7 nitrogen and oxygen atoms in total. The lowest BCUT2D eigenvalue weighted by Crippen LogP contribution is -2.31. The van der Waals surface area contributed by atoms with Gasteiger partial charge in [-0.15, -0.1) is 0 Å². The Morgan fingerprint density at radius 2 is 1.84 bits per heavy atom. The van der Waals surface area contributed by atoms with Crippen molar-refractivity contribution in [2.75, 3.05) is 43.0 Å². The first-order valence-corrected chi connectivity index (χ1v) is 11.5. The van der Waals surface area contributed by atoms with E-state index in [9.17, 15) is 4.79 Å². The summed E-state index contributed by atoms with van der Waals surface area (Å²) in [4.78, 5) is 23.8. The molecule has 2 aromatic rings. The van der Waals surface area contributed by atoms with Crippen molar-refractivity contribution in [1.82, 2.24) is 15.3 Å². The molecule has 0 saturated carbocycles. The zero-order valence-corrected chi connectivity index (χ0v) is 18.8. The molecule has 1 aromatic carbocycles. The highest BCUT2D eigenvalue weighted by Gasteiger charge is 2.14. The molecule has 0 radical (unpaired) electrons. The lowest BCUT2D eigenvalue weighted by Gasteiger charge is -2.28. The van der Waals surface area contributed by atoms with Crippen molar-refractivity contribution in [2.45, 2.75) is 52.4 Å². The van der Waals surface area contributed by atoms with Crippen LogP contribution in [0.4, 0.5) is 11.8 Å². The maximum Gasteiger partial charge on any atom is 0.251 e. The highest BCUT2D eigenvalue weighted by Crippen LogP contribution is 2.19. The first-order chi connectivity index (χ1) is 15.2. The van der Waals surface area contributed by atoms with Crippen LogP contribution in [0.15, 0.2) is 30.3 Å². The number of rotatable bonds is 11. The number of benzene rings is 1. The molecule has 1 fully saturated rings. The SMILES string of the molecule is CCCCCOc1ccc(C(=O)NCCNc2nc(C)cc(N3CCCCC3)n2)cc1. The summed E-state index contributed by atoms with van der Waals surface area (Å²) < 4.78 is 5.69. The number of aromatic nitrogens is 2. The van der Waals surface area contributed by atoms with Crippen molar-refractivity contribution in [3.05, 3.63) is 41.6 Å². The number of anilines is 2. The van der Waals surface area contributed by atoms with Crippen LogP contribution in [0.3, 0.4) is 0 Å². The average Bonchev–Trinajstić information content (AvgIpc) is 2.80. The lowest BCUT2D eigenvalue weighted by molar-refractivity contribution is 0.0955. The minimum Gasteiger partial charge on any atom is -0.494 e. The predicted molar refractivity (Wildman–Crippen MR) is 125 cm³/mol. The van der Waals surface area contributed by atoms with Crippen molar-refractivity contribution in [3.8, 4) is 5.75 Å². The van der Waals surface area contributed by atoms with Gasteiger partial charge in [-0.3, -0.25) is 4.79 Å². The standard InChI is InChI=1S/C24H35N5O2/c1-3-4-8-17-31-21-11-9-20(10-12-21)23(30)25-13-14-26-24-27-19(2)18-22(28-24)29-15-6-5-7-16-29/h9-12,18H,3-8,13-17H2,1-2H3,(H,25,30)(H,26,27,28). The fourth-order valence-electron chi connectivity index (χ4n) is 3.61. The van der Waals surface area contributed by atoms with E-state index >= 15 is 0 Å². The van der Waals surface area contributed by atoms with E-state index in [1.165, 1.54) is 32.1 Å². The van der Waals surface area contributed by atoms with Crippen LogP contribution in [0.25, 0.3) is 0 Å². The fourth-order valence-corrected chi connectivity index (χ4v) is 3.61. The van der Waals surface area contributed by atoms with E-state index < -0.39 is 0 Å². The average molecular weight is 426 g/mol. The van der Waals surface area contributed by atoms with Crippen LogP contribution >= 0.6 is 0 Å². The molecule has 2 N–H and O–H groups in total. The number of aryl methyl sites for hydroxylation is 1. The summed E-state index contributed by atoms with van der Waals surface area (Å²) in [7, 11) is 0.